The van der Waals surface area contributed by atoms with Gasteiger partial charge in [-0.15, -0.1) is 0 Å². The molecule has 2 fully saturated rings. The highest BCUT2D eigenvalue weighted by molar-refractivity contribution is 6.04. The number of nitrogens with zero attached hydrogens (tertiary/aromatic N) is 3. The Hall–Kier alpha value is -3.37. The maximum Gasteiger partial charge on any atom is 0.253 e. The number of carbonyl (C=O) groups excluding carboxylic acids is 1. The van der Waals surface area contributed by atoms with Gasteiger partial charge in [-0.1, -0.05) is 18.3 Å². The smallest absolute Gasteiger partial charge is 0.253 e. The Balaban J connectivity index is 1.13. The van der Waals surface area contributed by atoms with Crippen molar-refractivity contribution in [3.8, 4) is 23.2 Å². The van der Waals surface area contributed by atoms with Crippen LogP contribution in [-0.2, 0) is 0 Å². The first kappa shape index (κ1) is 21.2. The van der Waals surface area contributed by atoms with Crippen molar-refractivity contribution < 1.29 is 4.79 Å². The molecule has 3 N–H and O–H groups in total. The minimum Gasteiger partial charge on any atom is -0.384 e. The molecule has 3 aliphatic rings. The molecule has 0 spiro atoms. The summed E-state index contributed by atoms with van der Waals surface area (Å²) in [6, 6.07) is 10.2. The summed E-state index contributed by atoms with van der Waals surface area (Å²) in [5, 5.41) is 6.71. The molecule has 3 heterocycles. The van der Waals surface area contributed by atoms with Crippen molar-refractivity contribution in [2.45, 2.75) is 38.1 Å². The molecule has 7 heteroatoms. The molecular weight excluding hydrogens is 424 g/mol. The molecule has 0 radical (unpaired) electrons. The molecule has 7 nitrogen and oxygen atoms in total. The van der Waals surface area contributed by atoms with Crippen LogP contribution in [0.1, 0.15) is 42.5 Å². The zero-order valence-electron chi connectivity index (χ0n) is 19.3. The van der Waals surface area contributed by atoms with Gasteiger partial charge in [0.2, 0.25) is 0 Å². The predicted molar refractivity (Wildman–Crippen MR) is 133 cm³/mol. The Kier molecular flexibility index (Phi) is 5.68. The van der Waals surface area contributed by atoms with Crippen LogP contribution >= 0.6 is 0 Å². The van der Waals surface area contributed by atoms with Gasteiger partial charge in [0.15, 0.2) is 5.65 Å². The highest BCUT2D eigenvalue weighted by Gasteiger charge is 2.37. The van der Waals surface area contributed by atoms with Crippen LogP contribution in [0.5, 0.6) is 0 Å². The number of H-pyrrole nitrogens is 1. The van der Waals surface area contributed by atoms with Crippen molar-refractivity contribution >= 4 is 22.8 Å². The quantitative estimate of drug-likeness (QED) is 0.475. The zero-order valence-corrected chi connectivity index (χ0v) is 19.3. The lowest BCUT2D eigenvalue weighted by molar-refractivity contribution is 0.0933. The van der Waals surface area contributed by atoms with Crippen LogP contribution in [0.4, 0.5) is 5.69 Å². The standard InChI is InChI=1S/C27H30N6O/c34-27(30-23-17-18-4-5-20(23)16-18)22-10-11-29-26-24(22)31-25(32-26)19-6-8-21(9-7-19)28-12-15-33-13-2-1-3-14-33/h6-11,18,20,23,28H,1-3,12-17H2,(H,30,34)(H,29,31,32). The molecule has 1 aliphatic heterocycles. The van der Waals surface area contributed by atoms with Crippen LogP contribution in [-0.4, -0.2) is 58.0 Å². The van der Waals surface area contributed by atoms with Gasteiger partial charge < -0.3 is 20.5 Å². The third-order valence-corrected chi connectivity index (χ3v) is 7.35. The van der Waals surface area contributed by atoms with Crippen LogP contribution in [0, 0.1) is 23.7 Å². The summed E-state index contributed by atoms with van der Waals surface area (Å²) in [6.45, 7) is 4.46. The lowest BCUT2D eigenvalue weighted by Crippen LogP contribution is -2.37. The third kappa shape index (κ3) is 4.26. The molecule has 2 aromatic heterocycles. The summed E-state index contributed by atoms with van der Waals surface area (Å²) in [4.78, 5) is 28.0. The molecular formula is C27H30N6O. The van der Waals surface area contributed by atoms with Gasteiger partial charge in [-0.3, -0.25) is 4.79 Å². The Morgan fingerprint density at radius 2 is 1.94 bits per heavy atom. The Bertz CT molecular complexity index is 1250. The lowest BCUT2D eigenvalue weighted by Gasteiger charge is -2.26. The summed E-state index contributed by atoms with van der Waals surface area (Å²) in [5.41, 5.74) is 3.88. The van der Waals surface area contributed by atoms with Gasteiger partial charge in [0.1, 0.15) is 5.82 Å². The molecule has 1 aromatic carbocycles. The number of carbonyl (C=O) groups is 1. The summed E-state index contributed by atoms with van der Waals surface area (Å²) < 4.78 is 0. The third-order valence-electron chi connectivity index (χ3n) is 7.35. The average molecular weight is 455 g/mol. The van der Waals surface area contributed by atoms with Crippen molar-refractivity contribution in [3.63, 3.8) is 0 Å². The number of imidazole rings is 1. The molecule has 3 atom stereocenters. The van der Waals surface area contributed by atoms with Crippen molar-refractivity contribution in [3.05, 3.63) is 42.1 Å². The van der Waals surface area contributed by atoms with E-state index < -0.39 is 0 Å². The lowest BCUT2D eigenvalue weighted by atomic mass is 10.0. The maximum absolute atomic E-state index is 13.0. The second kappa shape index (κ2) is 9.11. The second-order valence-electron chi connectivity index (χ2n) is 9.69. The van der Waals surface area contributed by atoms with Gasteiger partial charge in [0, 0.05) is 48.4 Å². The van der Waals surface area contributed by atoms with Crippen molar-refractivity contribution in [1.29, 1.82) is 0 Å². The van der Waals surface area contributed by atoms with Gasteiger partial charge in [-0.2, -0.15) is 0 Å². The van der Waals surface area contributed by atoms with Gasteiger partial charge in [-0.25, -0.2) is 9.97 Å². The van der Waals surface area contributed by atoms with Crippen LogP contribution in [0.25, 0.3) is 22.6 Å². The number of nitrogens with one attached hydrogen (secondary N) is 3. The maximum atomic E-state index is 13.0. The highest BCUT2D eigenvalue weighted by atomic mass is 16.1. The summed E-state index contributed by atoms with van der Waals surface area (Å²) in [7, 11) is 0. The molecule has 34 heavy (non-hydrogen) atoms. The van der Waals surface area contributed by atoms with E-state index in [0.717, 1.165) is 37.2 Å². The van der Waals surface area contributed by atoms with E-state index >= 15 is 0 Å². The highest BCUT2D eigenvalue weighted by Crippen LogP contribution is 2.35. The normalized spacial score (nSPS) is 23.6. The fourth-order valence-corrected chi connectivity index (χ4v) is 5.47. The van der Waals surface area contributed by atoms with E-state index in [0.29, 0.717) is 28.5 Å². The van der Waals surface area contributed by atoms with Crippen LogP contribution in [0.15, 0.2) is 36.5 Å². The average Bonchev–Trinajstić information content (AvgIpc) is 3.60. The largest absolute Gasteiger partial charge is 0.384 e. The Labute approximate surface area is 199 Å². The van der Waals surface area contributed by atoms with Crippen molar-refractivity contribution in [2.75, 3.05) is 31.5 Å². The number of aromatic amines is 1. The molecule has 3 unspecified atom stereocenters. The number of likely N-dealkylation sites (tertiary alicyclic amines) is 1. The fraction of sp³-hybridized carbons (Fsp3) is 0.444. The molecule has 1 saturated carbocycles. The van der Waals surface area contributed by atoms with Gasteiger partial charge in [-0.05, 0) is 69.1 Å². The minimum atomic E-state index is -0.0878. The van der Waals surface area contributed by atoms with Crippen molar-refractivity contribution in [2.24, 2.45) is 11.8 Å². The predicted octanol–water partition coefficient (Wildman–Crippen LogP) is 3.66. The summed E-state index contributed by atoms with van der Waals surface area (Å²) >= 11 is 0. The molecule has 1 amide bonds. The van der Waals surface area contributed by atoms with E-state index in [2.05, 4.69) is 66.6 Å². The van der Waals surface area contributed by atoms with Gasteiger partial charge in [0.05, 0.1) is 11.1 Å². The first-order valence-corrected chi connectivity index (χ1v) is 12.5. The summed E-state index contributed by atoms with van der Waals surface area (Å²) in [5.74, 6) is 7.86. The number of aromatic nitrogens is 3. The topological polar surface area (TPSA) is 85.9 Å². The number of hydrogen-bond donors (Lipinski definition) is 3. The van der Waals surface area contributed by atoms with E-state index in [1.807, 2.05) is 0 Å². The number of rotatable bonds is 7. The number of pyridine rings is 1. The first-order chi connectivity index (χ1) is 16.7. The summed E-state index contributed by atoms with van der Waals surface area (Å²) in [6.07, 6.45) is 7.66. The van der Waals surface area contributed by atoms with Crippen molar-refractivity contribution in [1.82, 2.24) is 25.2 Å². The Morgan fingerprint density at radius 1 is 1.09 bits per heavy atom. The number of amides is 1. The van der Waals surface area contributed by atoms with E-state index in [9.17, 15) is 4.79 Å². The molecule has 2 bridgehead atoms. The number of piperidine rings is 1. The second-order valence-corrected chi connectivity index (χ2v) is 9.69. The van der Waals surface area contributed by atoms with Crippen LogP contribution in [0.3, 0.4) is 0 Å². The molecule has 1 saturated heterocycles. The number of anilines is 1. The minimum absolute atomic E-state index is 0.0878. The van der Waals surface area contributed by atoms with E-state index in [-0.39, 0.29) is 17.9 Å². The number of benzene rings is 1. The van der Waals surface area contributed by atoms with E-state index in [1.54, 1.807) is 12.3 Å². The van der Waals surface area contributed by atoms with E-state index in [4.69, 9.17) is 0 Å². The van der Waals surface area contributed by atoms with Gasteiger partial charge >= 0.3 is 0 Å². The molecule has 6 rings (SSSR count). The zero-order chi connectivity index (χ0) is 22.9. The SMILES string of the molecule is O=C(NC1CC2C#CC1C2)c1ccnc2nc(-c3ccc(NCCN4CCCCC4)cc3)[nH]c12. The van der Waals surface area contributed by atoms with Crippen LogP contribution in [0.2, 0.25) is 0 Å². The fourth-order valence-electron chi connectivity index (χ4n) is 5.47. The monoisotopic (exact) mass is 454 g/mol. The Morgan fingerprint density at radius 3 is 2.71 bits per heavy atom. The number of fused-ring (bicyclic) bond motifs is 3. The van der Waals surface area contributed by atoms with Crippen LogP contribution < -0.4 is 10.6 Å². The molecule has 174 valence electrons. The van der Waals surface area contributed by atoms with Gasteiger partial charge in [0.25, 0.3) is 5.91 Å². The first-order valence-electron chi connectivity index (χ1n) is 12.5. The van der Waals surface area contributed by atoms with E-state index in [1.165, 1.54) is 32.4 Å². The number of hydrogen-bond acceptors (Lipinski definition) is 5. The molecule has 3 aromatic rings. The molecule has 2 aliphatic carbocycles.